The van der Waals surface area contributed by atoms with Crippen LogP contribution in [0, 0.1) is 11.3 Å². The van der Waals surface area contributed by atoms with E-state index in [1.165, 1.54) is 13.0 Å². The van der Waals surface area contributed by atoms with Crippen LogP contribution in [0.25, 0.3) is 17.4 Å². The highest BCUT2D eigenvalue weighted by molar-refractivity contribution is 7.91. The second-order valence-corrected chi connectivity index (χ2v) is 10.1. The zero-order chi connectivity index (χ0) is 22.3. The molecule has 2 aliphatic rings. The lowest BCUT2D eigenvalue weighted by Gasteiger charge is -2.31. The molecule has 0 aliphatic carbocycles. The molecule has 9 heteroatoms. The van der Waals surface area contributed by atoms with Gasteiger partial charge in [-0.3, -0.25) is 14.5 Å². The van der Waals surface area contributed by atoms with Crippen molar-refractivity contribution in [3.8, 4) is 17.4 Å². The summed E-state index contributed by atoms with van der Waals surface area (Å²) in [5.41, 5.74) is 0.970. The first-order valence-electron chi connectivity index (χ1n) is 9.47. The molecule has 2 aromatic rings. The first-order chi connectivity index (χ1) is 14.7. The SMILES string of the molecule is CC1=C(C#N)C(=O)N([C@@H]2CCS(=O)(=O)C2)C(=O)/C1=C\c1ccc(-c2ccc(Cl)cc2)o1. The highest BCUT2D eigenvalue weighted by Crippen LogP contribution is 2.32. The standard InChI is InChI=1S/C22H17ClN2O5S/c1-13-18(10-17-6-7-20(30-17)14-2-4-15(23)5-3-14)21(26)25(22(27)19(13)11-24)16-8-9-31(28,29)12-16/h2-7,10,16H,8-9,12H2,1H3/b18-10-/t16-/m1/s1. The van der Waals surface area contributed by atoms with Gasteiger partial charge >= 0.3 is 0 Å². The quantitative estimate of drug-likeness (QED) is 0.517. The van der Waals surface area contributed by atoms with Crippen molar-refractivity contribution in [2.75, 3.05) is 11.5 Å². The molecular weight excluding hydrogens is 440 g/mol. The Morgan fingerprint density at radius 2 is 1.87 bits per heavy atom. The van der Waals surface area contributed by atoms with Crippen LogP contribution in [0.3, 0.4) is 0 Å². The van der Waals surface area contributed by atoms with Gasteiger partial charge in [0, 0.05) is 16.2 Å². The van der Waals surface area contributed by atoms with Crippen molar-refractivity contribution in [3.63, 3.8) is 0 Å². The summed E-state index contributed by atoms with van der Waals surface area (Å²) in [6, 6.07) is 11.5. The molecule has 1 aromatic heterocycles. The van der Waals surface area contributed by atoms with Crippen molar-refractivity contribution in [3.05, 3.63) is 63.9 Å². The fourth-order valence-electron chi connectivity index (χ4n) is 3.75. The van der Waals surface area contributed by atoms with E-state index in [0.29, 0.717) is 16.5 Å². The molecule has 7 nitrogen and oxygen atoms in total. The summed E-state index contributed by atoms with van der Waals surface area (Å²) >= 11 is 5.91. The van der Waals surface area contributed by atoms with Crippen molar-refractivity contribution in [1.29, 1.82) is 5.26 Å². The van der Waals surface area contributed by atoms with E-state index in [2.05, 4.69) is 0 Å². The van der Waals surface area contributed by atoms with Crippen molar-refractivity contribution < 1.29 is 22.4 Å². The fraction of sp³-hybridized carbons (Fsp3) is 0.227. The van der Waals surface area contributed by atoms with E-state index in [-0.39, 0.29) is 34.6 Å². The van der Waals surface area contributed by atoms with Crippen LogP contribution in [0.5, 0.6) is 0 Å². The van der Waals surface area contributed by atoms with Gasteiger partial charge in [-0.05, 0) is 61.4 Å². The van der Waals surface area contributed by atoms with Crippen LogP contribution < -0.4 is 0 Å². The van der Waals surface area contributed by atoms with Crippen molar-refractivity contribution in [2.24, 2.45) is 0 Å². The molecule has 1 atom stereocenters. The van der Waals surface area contributed by atoms with E-state index in [1.807, 2.05) is 6.07 Å². The molecule has 31 heavy (non-hydrogen) atoms. The average Bonchev–Trinajstić information content (AvgIpc) is 3.32. The molecule has 0 unspecified atom stereocenters. The van der Waals surface area contributed by atoms with E-state index in [1.54, 1.807) is 36.4 Å². The van der Waals surface area contributed by atoms with Crippen molar-refractivity contribution in [1.82, 2.24) is 4.90 Å². The third-order valence-corrected chi connectivity index (χ3v) is 7.39. The molecule has 2 aliphatic heterocycles. The number of imide groups is 1. The van der Waals surface area contributed by atoms with E-state index in [9.17, 15) is 23.3 Å². The number of halogens is 1. The van der Waals surface area contributed by atoms with Crippen molar-refractivity contribution in [2.45, 2.75) is 19.4 Å². The summed E-state index contributed by atoms with van der Waals surface area (Å²) in [5.74, 6) is -0.863. The minimum atomic E-state index is -3.33. The first kappa shape index (κ1) is 21.1. The van der Waals surface area contributed by atoms with E-state index < -0.39 is 27.7 Å². The van der Waals surface area contributed by atoms with Crippen LogP contribution in [0.15, 0.2) is 57.5 Å². The van der Waals surface area contributed by atoms with Gasteiger partial charge in [0.05, 0.1) is 17.5 Å². The molecule has 1 saturated heterocycles. The fourth-order valence-corrected chi connectivity index (χ4v) is 5.58. The number of carbonyl (C=O) groups excluding carboxylic acids is 2. The highest BCUT2D eigenvalue weighted by atomic mass is 35.5. The Morgan fingerprint density at radius 1 is 1.16 bits per heavy atom. The van der Waals surface area contributed by atoms with Gasteiger partial charge in [0.2, 0.25) is 0 Å². The van der Waals surface area contributed by atoms with Gasteiger partial charge in [0.25, 0.3) is 11.8 Å². The molecule has 1 fully saturated rings. The Labute approximate surface area is 184 Å². The lowest BCUT2D eigenvalue weighted by Crippen LogP contribution is -2.49. The maximum atomic E-state index is 13.2. The van der Waals surface area contributed by atoms with E-state index >= 15 is 0 Å². The first-order valence-corrected chi connectivity index (χ1v) is 11.7. The van der Waals surface area contributed by atoms with Crippen LogP contribution in [0.2, 0.25) is 5.02 Å². The van der Waals surface area contributed by atoms with Gasteiger partial charge in [0.15, 0.2) is 9.84 Å². The Kier molecular flexibility index (Phi) is 5.33. The molecular formula is C22H17ClN2O5S. The monoisotopic (exact) mass is 456 g/mol. The molecule has 158 valence electrons. The lowest BCUT2D eigenvalue weighted by atomic mass is 9.93. The lowest BCUT2D eigenvalue weighted by molar-refractivity contribution is -0.142. The number of amides is 2. The van der Waals surface area contributed by atoms with Crippen molar-refractivity contribution >= 4 is 39.3 Å². The summed E-state index contributed by atoms with van der Waals surface area (Å²) in [5, 5.41) is 10.1. The number of sulfone groups is 1. The Morgan fingerprint density at radius 3 is 2.48 bits per heavy atom. The van der Waals surface area contributed by atoms with Crippen LogP contribution in [0.1, 0.15) is 19.1 Å². The Balaban J connectivity index is 1.73. The molecule has 0 saturated carbocycles. The third kappa shape index (κ3) is 3.94. The number of nitriles is 1. The molecule has 2 amide bonds. The van der Waals surface area contributed by atoms with Gasteiger partial charge < -0.3 is 4.42 Å². The predicted octanol–water partition coefficient (Wildman–Crippen LogP) is 3.38. The van der Waals surface area contributed by atoms with Crippen LogP contribution >= 0.6 is 11.6 Å². The molecule has 1 aromatic carbocycles. The van der Waals surface area contributed by atoms with Crippen LogP contribution in [-0.4, -0.2) is 42.7 Å². The Bertz CT molecular complexity index is 1300. The summed E-state index contributed by atoms with van der Waals surface area (Å²) < 4.78 is 29.6. The zero-order valence-corrected chi connectivity index (χ0v) is 18.0. The van der Waals surface area contributed by atoms with Gasteiger partial charge in [-0.1, -0.05) is 11.6 Å². The number of carbonyl (C=O) groups is 2. The summed E-state index contributed by atoms with van der Waals surface area (Å²) in [6.07, 6.45) is 1.63. The predicted molar refractivity (Wildman–Crippen MR) is 114 cm³/mol. The molecule has 0 radical (unpaired) electrons. The van der Waals surface area contributed by atoms with Crippen LogP contribution in [-0.2, 0) is 19.4 Å². The summed E-state index contributed by atoms with van der Waals surface area (Å²) in [6.45, 7) is 1.52. The number of furan rings is 1. The van der Waals surface area contributed by atoms with Crippen LogP contribution in [0.4, 0.5) is 0 Å². The van der Waals surface area contributed by atoms with Gasteiger partial charge in [-0.15, -0.1) is 0 Å². The molecule has 0 bridgehead atoms. The van der Waals surface area contributed by atoms with Gasteiger partial charge in [-0.2, -0.15) is 5.26 Å². The average molecular weight is 457 g/mol. The second-order valence-electron chi connectivity index (χ2n) is 7.42. The van der Waals surface area contributed by atoms with Gasteiger partial charge in [-0.25, -0.2) is 8.42 Å². The number of hydrogen-bond acceptors (Lipinski definition) is 6. The topological polar surface area (TPSA) is 108 Å². The highest BCUT2D eigenvalue weighted by Gasteiger charge is 2.43. The van der Waals surface area contributed by atoms with E-state index in [4.69, 9.17) is 16.0 Å². The molecule has 4 rings (SSSR count). The molecule has 0 spiro atoms. The maximum absolute atomic E-state index is 13.2. The minimum absolute atomic E-state index is 0.0962. The van der Waals surface area contributed by atoms with E-state index in [0.717, 1.165) is 10.5 Å². The normalized spacial score (nSPS) is 22.3. The number of rotatable bonds is 3. The smallest absolute Gasteiger partial charge is 0.271 e. The molecule has 0 N–H and O–H groups in total. The summed E-state index contributed by atoms with van der Waals surface area (Å²) in [7, 11) is -3.33. The summed E-state index contributed by atoms with van der Waals surface area (Å²) in [4.78, 5) is 26.8. The number of hydrogen-bond donors (Lipinski definition) is 0. The Hall–Kier alpha value is -3.15. The maximum Gasteiger partial charge on any atom is 0.271 e. The number of nitrogens with zero attached hydrogens (tertiary/aromatic N) is 2. The largest absolute Gasteiger partial charge is 0.457 e. The minimum Gasteiger partial charge on any atom is -0.457 e. The third-order valence-electron chi connectivity index (χ3n) is 5.39. The van der Waals surface area contributed by atoms with Gasteiger partial charge in [0.1, 0.15) is 23.2 Å². The molecule has 3 heterocycles. The second kappa shape index (κ2) is 7.84. The number of benzene rings is 1. The zero-order valence-electron chi connectivity index (χ0n) is 16.5.